The zero-order valence-corrected chi connectivity index (χ0v) is 14.5. The number of rotatable bonds is 6. The fourth-order valence-corrected chi connectivity index (χ4v) is 2.31. The number of nitrogens with zero attached hydrogens (tertiary/aromatic N) is 1. The van der Waals surface area contributed by atoms with Gasteiger partial charge in [-0.25, -0.2) is 0 Å². The van der Waals surface area contributed by atoms with Crippen LogP contribution in [0.15, 0.2) is 46.9 Å². The lowest BCUT2D eigenvalue weighted by Crippen LogP contribution is -2.18. The van der Waals surface area contributed by atoms with Crippen molar-refractivity contribution in [2.24, 2.45) is 0 Å². The second-order valence-electron chi connectivity index (χ2n) is 4.74. The normalized spacial score (nSPS) is 10.0. The molecule has 0 radical (unpaired) electrons. The average molecular weight is 377 g/mol. The molecular formula is C17H17BrN2O3. The van der Waals surface area contributed by atoms with E-state index in [1.54, 1.807) is 32.2 Å². The Morgan fingerprint density at radius 1 is 1.26 bits per heavy atom. The van der Waals surface area contributed by atoms with Crippen LogP contribution in [0.2, 0.25) is 0 Å². The van der Waals surface area contributed by atoms with Gasteiger partial charge in [0.05, 0.1) is 18.5 Å². The van der Waals surface area contributed by atoms with Crippen molar-refractivity contribution >= 4 is 45.3 Å². The van der Waals surface area contributed by atoms with Crippen LogP contribution in [0.3, 0.4) is 0 Å². The summed E-state index contributed by atoms with van der Waals surface area (Å²) in [6, 6.07) is 12.5. The fraction of sp³-hybridized carbons (Fsp3) is 0.176. The molecule has 2 aromatic carbocycles. The summed E-state index contributed by atoms with van der Waals surface area (Å²) >= 11 is 3.37. The Hall–Kier alpha value is -2.34. The summed E-state index contributed by atoms with van der Waals surface area (Å²) in [7, 11) is 1.55. The van der Waals surface area contributed by atoms with Gasteiger partial charge in [-0.05, 0) is 36.4 Å². The third-order valence-electron chi connectivity index (χ3n) is 3.27. The summed E-state index contributed by atoms with van der Waals surface area (Å²) in [6.07, 6.45) is 1.06. The number of ether oxygens (including phenoxy) is 1. The molecule has 0 saturated carbocycles. The highest BCUT2D eigenvalue weighted by atomic mass is 79.9. The molecule has 0 unspecified atom stereocenters. The molecule has 0 aliphatic rings. The van der Waals surface area contributed by atoms with E-state index in [9.17, 15) is 9.59 Å². The number of halogens is 1. The Bertz CT molecular complexity index is 701. The SMILES string of the molecule is CCC(=O)Nc1cc(OC)ccc1N(C=O)c1ccc(Br)cc1. The van der Waals surface area contributed by atoms with E-state index in [1.807, 2.05) is 24.3 Å². The summed E-state index contributed by atoms with van der Waals surface area (Å²) < 4.78 is 6.11. The highest BCUT2D eigenvalue weighted by Gasteiger charge is 2.15. The van der Waals surface area contributed by atoms with Crippen molar-refractivity contribution in [1.82, 2.24) is 0 Å². The Labute approximate surface area is 143 Å². The molecule has 0 heterocycles. The van der Waals surface area contributed by atoms with Gasteiger partial charge in [0.15, 0.2) is 0 Å². The van der Waals surface area contributed by atoms with Crippen LogP contribution in [0.4, 0.5) is 17.1 Å². The zero-order chi connectivity index (χ0) is 16.8. The Morgan fingerprint density at radius 3 is 2.52 bits per heavy atom. The maximum Gasteiger partial charge on any atom is 0.224 e. The Balaban J connectivity index is 2.47. The van der Waals surface area contributed by atoms with Crippen LogP contribution < -0.4 is 15.0 Å². The highest BCUT2D eigenvalue weighted by molar-refractivity contribution is 9.10. The van der Waals surface area contributed by atoms with Crippen LogP contribution in [0.25, 0.3) is 0 Å². The van der Waals surface area contributed by atoms with E-state index < -0.39 is 0 Å². The van der Waals surface area contributed by atoms with E-state index >= 15 is 0 Å². The number of amides is 2. The number of anilines is 3. The number of hydrogen-bond donors (Lipinski definition) is 1. The molecule has 0 saturated heterocycles. The van der Waals surface area contributed by atoms with Crippen molar-refractivity contribution in [2.45, 2.75) is 13.3 Å². The minimum atomic E-state index is -0.138. The molecule has 0 atom stereocenters. The van der Waals surface area contributed by atoms with Crippen molar-refractivity contribution in [2.75, 3.05) is 17.3 Å². The van der Waals surface area contributed by atoms with Gasteiger partial charge in [0.1, 0.15) is 5.75 Å². The lowest BCUT2D eigenvalue weighted by molar-refractivity contribution is -0.116. The highest BCUT2D eigenvalue weighted by Crippen LogP contribution is 2.34. The fourth-order valence-electron chi connectivity index (χ4n) is 2.05. The van der Waals surface area contributed by atoms with Crippen molar-refractivity contribution in [1.29, 1.82) is 0 Å². The summed E-state index contributed by atoms with van der Waals surface area (Å²) in [5, 5.41) is 2.80. The van der Waals surface area contributed by atoms with Gasteiger partial charge in [0.2, 0.25) is 12.3 Å². The molecule has 1 N–H and O–H groups in total. The number of hydrogen-bond acceptors (Lipinski definition) is 3. The number of nitrogens with one attached hydrogen (secondary N) is 1. The second kappa shape index (κ2) is 7.78. The maximum atomic E-state index is 11.8. The lowest BCUT2D eigenvalue weighted by atomic mass is 10.2. The first-order valence-corrected chi connectivity index (χ1v) is 7.86. The number of carbonyl (C=O) groups is 2. The van der Waals surface area contributed by atoms with Crippen LogP contribution in [-0.2, 0) is 9.59 Å². The molecule has 2 aromatic rings. The number of carbonyl (C=O) groups excluding carboxylic acids is 2. The van der Waals surface area contributed by atoms with Crippen molar-refractivity contribution < 1.29 is 14.3 Å². The maximum absolute atomic E-state index is 11.8. The third-order valence-corrected chi connectivity index (χ3v) is 3.80. The van der Waals surface area contributed by atoms with Crippen molar-refractivity contribution in [3.05, 3.63) is 46.9 Å². The molecule has 0 spiro atoms. The van der Waals surface area contributed by atoms with Gasteiger partial charge in [-0.2, -0.15) is 0 Å². The van der Waals surface area contributed by atoms with Gasteiger partial charge in [-0.1, -0.05) is 22.9 Å². The van der Waals surface area contributed by atoms with E-state index in [1.165, 1.54) is 4.90 Å². The van der Waals surface area contributed by atoms with Crippen LogP contribution in [0.5, 0.6) is 5.75 Å². The summed E-state index contributed by atoms with van der Waals surface area (Å²) in [5.74, 6) is 0.461. The minimum Gasteiger partial charge on any atom is -0.497 e. The van der Waals surface area contributed by atoms with Crippen LogP contribution in [0.1, 0.15) is 13.3 Å². The van der Waals surface area contributed by atoms with Gasteiger partial charge >= 0.3 is 0 Å². The Morgan fingerprint density at radius 2 is 1.96 bits per heavy atom. The lowest BCUT2D eigenvalue weighted by Gasteiger charge is -2.22. The van der Waals surface area contributed by atoms with Gasteiger partial charge < -0.3 is 10.1 Å². The monoisotopic (exact) mass is 376 g/mol. The van der Waals surface area contributed by atoms with Gasteiger partial charge in [-0.15, -0.1) is 0 Å². The van der Waals surface area contributed by atoms with E-state index in [4.69, 9.17) is 4.74 Å². The molecule has 0 fully saturated rings. The first kappa shape index (κ1) is 17.0. The summed E-state index contributed by atoms with van der Waals surface area (Å²) in [6.45, 7) is 1.77. The molecule has 120 valence electrons. The molecule has 2 amide bonds. The van der Waals surface area contributed by atoms with Gasteiger partial charge in [-0.3, -0.25) is 14.5 Å². The molecule has 0 aliphatic heterocycles. The standard InChI is InChI=1S/C17H17BrN2O3/c1-3-17(22)19-15-10-14(23-2)8-9-16(15)20(11-21)13-6-4-12(18)5-7-13/h4-11H,3H2,1-2H3,(H,19,22). The number of methoxy groups -OCH3 is 1. The van der Waals surface area contributed by atoms with Crippen molar-refractivity contribution in [3.63, 3.8) is 0 Å². The molecule has 0 aliphatic carbocycles. The van der Waals surface area contributed by atoms with E-state index in [2.05, 4.69) is 21.2 Å². The first-order valence-electron chi connectivity index (χ1n) is 7.07. The van der Waals surface area contributed by atoms with Crippen LogP contribution in [0, 0.1) is 0 Å². The molecule has 5 nitrogen and oxygen atoms in total. The predicted octanol–water partition coefficient (Wildman–Crippen LogP) is 4.10. The number of benzene rings is 2. The molecule has 6 heteroatoms. The van der Waals surface area contributed by atoms with E-state index in [-0.39, 0.29) is 5.91 Å². The molecule has 0 bridgehead atoms. The van der Waals surface area contributed by atoms with E-state index in [0.29, 0.717) is 35.6 Å². The second-order valence-corrected chi connectivity index (χ2v) is 5.65. The summed E-state index contributed by atoms with van der Waals surface area (Å²) in [4.78, 5) is 24.9. The Kier molecular flexibility index (Phi) is 5.76. The van der Waals surface area contributed by atoms with Gasteiger partial charge in [0, 0.05) is 22.6 Å². The topological polar surface area (TPSA) is 58.6 Å². The van der Waals surface area contributed by atoms with Crippen LogP contribution in [-0.4, -0.2) is 19.4 Å². The minimum absolute atomic E-state index is 0.138. The molecular weight excluding hydrogens is 360 g/mol. The summed E-state index contributed by atoms with van der Waals surface area (Å²) in [5.41, 5.74) is 1.79. The smallest absolute Gasteiger partial charge is 0.224 e. The predicted molar refractivity (Wildman–Crippen MR) is 94.3 cm³/mol. The molecule has 23 heavy (non-hydrogen) atoms. The first-order chi connectivity index (χ1) is 11.1. The molecule has 0 aromatic heterocycles. The quantitative estimate of drug-likeness (QED) is 0.772. The largest absolute Gasteiger partial charge is 0.497 e. The van der Waals surface area contributed by atoms with Gasteiger partial charge in [0.25, 0.3) is 0 Å². The molecule has 2 rings (SSSR count). The average Bonchev–Trinajstić information content (AvgIpc) is 2.58. The zero-order valence-electron chi connectivity index (χ0n) is 12.9. The van der Waals surface area contributed by atoms with Crippen molar-refractivity contribution in [3.8, 4) is 5.75 Å². The van der Waals surface area contributed by atoms with Crippen LogP contribution >= 0.6 is 15.9 Å². The third kappa shape index (κ3) is 4.10. The van der Waals surface area contributed by atoms with E-state index in [0.717, 1.165) is 4.47 Å².